The van der Waals surface area contributed by atoms with Crippen molar-refractivity contribution in [3.8, 4) is 17.2 Å². The first-order valence-electron chi connectivity index (χ1n) is 14.1. The molecule has 1 heterocycles. The van der Waals surface area contributed by atoms with E-state index in [-0.39, 0.29) is 19.0 Å². The molecule has 39 heavy (non-hydrogen) atoms. The SMILES string of the molecule is [3H]COc1ccc(C(OCCN2CCCC(C(=O)OCC)C2)(c2ccc(OC)cc2)c2ccc(OC)cc2)cc1. The highest BCUT2D eigenvalue weighted by atomic mass is 16.5. The fourth-order valence-corrected chi connectivity index (χ4v) is 5.23. The summed E-state index contributed by atoms with van der Waals surface area (Å²) in [6.07, 6.45) is 1.80. The van der Waals surface area contributed by atoms with Gasteiger partial charge in [0, 0.05) is 13.1 Å². The zero-order valence-corrected chi connectivity index (χ0v) is 23.1. The van der Waals surface area contributed by atoms with E-state index in [1.165, 1.54) is 0 Å². The van der Waals surface area contributed by atoms with Crippen molar-refractivity contribution in [1.29, 1.82) is 0 Å². The van der Waals surface area contributed by atoms with Crippen LogP contribution >= 0.6 is 0 Å². The Kier molecular flexibility index (Phi) is 9.35. The summed E-state index contributed by atoms with van der Waals surface area (Å²) in [4.78, 5) is 14.7. The Morgan fingerprint density at radius 1 is 0.872 bits per heavy atom. The molecule has 1 unspecified atom stereocenters. The maximum absolute atomic E-state index is 12.4. The Hall–Kier alpha value is -3.55. The molecular weight excluding hydrogens is 494 g/mol. The highest BCUT2D eigenvalue weighted by Crippen LogP contribution is 2.42. The van der Waals surface area contributed by atoms with Gasteiger partial charge in [-0.3, -0.25) is 4.79 Å². The number of ether oxygens (including phenoxy) is 5. The molecule has 0 bridgehead atoms. The molecule has 0 saturated carbocycles. The fourth-order valence-electron chi connectivity index (χ4n) is 5.23. The summed E-state index contributed by atoms with van der Waals surface area (Å²) in [5.41, 5.74) is 1.85. The van der Waals surface area contributed by atoms with Gasteiger partial charge in [-0.1, -0.05) is 36.4 Å². The Morgan fingerprint density at radius 2 is 1.38 bits per heavy atom. The molecule has 3 aromatic rings. The molecule has 1 saturated heterocycles. The first-order valence-corrected chi connectivity index (χ1v) is 13.4. The van der Waals surface area contributed by atoms with Crippen LogP contribution in [0.1, 0.15) is 37.8 Å². The predicted octanol–water partition coefficient (Wildman–Crippen LogP) is 5.30. The van der Waals surface area contributed by atoms with Crippen molar-refractivity contribution in [3.63, 3.8) is 0 Å². The number of likely N-dealkylation sites (tertiary alicyclic amines) is 1. The van der Waals surface area contributed by atoms with Gasteiger partial charge in [0.2, 0.25) is 0 Å². The number of benzene rings is 3. The monoisotopic (exact) mass is 535 g/mol. The molecule has 1 fully saturated rings. The summed E-state index contributed by atoms with van der Waals surface area (Å²) >= 11 is 0. The van der Waals surface area contributed by atoms with E-state index in [1.807, 2.05) is 79.7 Å². The van der Waals surface area contributed by atoms with Crippen LogP contribution in [0.2, 0.25) is 0 Å². The van der Waals surface area contributed by atoms with Gasteiger partial charge in [-0.2, -0.15) is 0 Å². The normalized spacial score (nSPS) is 16.3. The van der Waals surface area contributed by atoms with Gasteiger partial charge in [-0.25, -0.2) is 0 Å². The van der Waals surface area contributed by atoms with Crippen LogP contribution < -0.4 is 14.2 Å². The van der Waals surface area contributed by atoms with Crippen LogP contribution in [0.15, 0.2) is 72.8 Å². The predicted molar refractivity (Wildman–Crippen MR) is 151 cm³/mol. The zero-order chi connectivity index (χ0) is 28.4. The highest BCUT2D eigenvalue weighted by molar-refractivity contribution is 5.72. The Labute approximate surface area is 233 Å². The number of hydrogen-bond acceptors (Lipinski definition) is 7. The van der Waals surface area contributed by atoms with Crippen molar-refractivity contribution >= 4 is 5.97 Å². The van der Waals surface area contributed by atoms with Gasteiger partial charge in [-0.15, -0.1) is 0 Å². The molecule has 0 aromatic heterocycles. The van der Waals surface area contributed by atoms with Crippen LogP contribution in [0.5, 0.6) is 17.2 Å². The van der Waals surface area contributed by atoms with E-state index in [0.717, 1.165) is 47.6 Å². The molecule has 3 aromatic carbocycles. The number of nitrogens with zero attached hydrogens (tertiary/aromatic N) is 1. The third kappa shape index (κ3) is 6.54. The maximum Gasteiger partial charge on any atom is 0.310 e. The maximum atomic E-state index is 12.4. The largest absolute Gasteiger partial charge is 0.497 e. The average molecular weight is 536 g/mol. The lowest BCUT2D eigenvalue weighted by Crippen LogP contribution is -2.42. The number of hydrogen-bond donors (Lipinski definition) is 0. The lowest BCUT2D eigenvalue weighted by atomic mass is 9.80. The topological polar surface area (TPSA) is 66.5 Å². The average Bonchev–Trinajstić information content (AvgIpc) is 3.00. The molecule has 7 nitrogen and oxygen atoms in total. The molecule has 0 N–H and O–H groups in total. The minimum atomic E-state index is -0.950. The van der Waals surface area contributed by atoms with Crippen LogP contribution in [0.3, 0.4) is 0 Å². The third-order valence-corrected chi connectivity index (χ3v) is 7.27. The third-order valence-electron chi connectivity index (χ3n) is 7.27. The highest BCUT2D eigenvalue weighted by Gasteiger charge is 2.38. The first-order chi connectivity index (χ1) is 19.5. The van der Waals surface area contributed by atoms with E-state index < -0.39 is 5.60 Å². The summed E-state index contributed by atoms with van der Waals surface area (Å²) in [7, 11) is 3.14. The molecule has 0 aliphatic carbocycles. The Bertz CT molecular complexity index is 1150. The second kappa shape index (κ2) is 13.5. The molecule has 0 amide bonds. The van der Waals surface area contributed by atoms with Gasteiger partial charge in [0.15, 0.2) is 0 Å². The van der Waals surface area contributed by atoms with Crippen LogP contribution in [0.4, 0.5) is 0 Å². The van der Waals surface area contributed by atoms with Crippen LogP contribution in [0, 0.1) is 5.92 Å². The Morgan fingerprint density at radius 3 is 1.85 bits per heavy atom. The molecule has 1 aliphatic rings. The summed E-state index contributed by atoms with van der Waals surface area (Å²) in [5.74, 6) is 1.91. The molecular formula is C32H39NO6. The van der Waals surface area contributed by atoms with Crippen molar-refractivity contribution in [1.82, 2.24) is 4.90 Å². The van der Waals surface area contributed by atoms with Crippen molar-refractivity contribution in [2.24, 2.45) is 5.92 Å². The van der Waals surface area contributed by atoms with Crippen molar-refractivity contribution in [2.45, 2.75) is 25.4 Å². The van der Waals surface area contributed by atoms with E-state index in [9.17, 15) is 4.79 Å². The zero-order valence-electron chi connectivity index (χ0n) is 24.1. The number of piperidine rings is 1. The molecule has 208 valence electrons. The van der Waals surface area contributed by atoms with Gasteiger partial charge in [-0.05, 0) is 79.4 Å². The lowest BCUT2D eigenvalue weighted by molar-refractivity contribution is -0.150. The smallest absolute Gasteiger partial charge is 0.310 e. The molecule has 4 rings (SSSR count). The molecule has 7 heteroatoms. The van der Waals surface area contributed by atoms with Gasteiger partial charge in [0.05, 0.1) is 41.8 Å². The summed E-state index contributed by atoms with van der Waals surface area (Å²) in [6.45, 7) is 4.92. The van der Waals surface area contributed by atoms with Crippen molar-refractivity contribution < 1.29 is 29.8 Å². The van der Waals surface area contributed by atoms with Gasteiger partial charge < -0.3 is 28.6 Å². The van der Waals surface area contributed by atoms with Crippen LogP contribution in [-0.4, -0.2) is 65.0 Å². The van der Waals surface area contributed by atoms with E-state index in [0.29, 0.717) is 32.1 Å². The summed E-state index contributed by atoms with van der Waals surface area (Å²) in [5, 5.41) is 0. The Balaban J connectivity index is 1.69. The number of esters is 1. The van der Waals surface area contributed by atoms with E-state index >= 15 is 0 Å². The molecule has 1 atom stereocenters. The molecule has 0 radical (unpaired) electrons. The van der Waals surface area contributed by atoms with Gasteiger partial charge in [0.1, 0.15) is 22.8 Å². The number of rotatable bonds is 12. The van der Waals surface area contributed by atoms with Crippen molar-refractivity contribution in [2.75, 3.05) is 54.2 Å². The van der Waals surface area contributed by atoms with Crippen LogP contribution in [-0.2, 0) is 19.9 Å². The quantitative estimate of drug-likeness (QED) is 0.230. The fraction of sp³-hybridized carbons (Fsp3) is 0.406. The van der Waals surface area contributed by atoms with Crippen LogP contribution in [0.25, 0.3) is 0 Å². The summed E-state index contributed by atoms with van der Waals surface area (Å²) in [6, 6.07) is 23.5. The second-order valence-corrected chi connectivity index (χ2v) is 9.55. The minimum Gasteiger partial charge on any atom is -0.497 e. The molecule has 1 aliphatic heterocycles. The first kappa shape index (κ1) is 27.0. The molecule has 0 spiro atoms. The summed E-state index contributed by atoms with van der Waals surface area (Å²) < 4.78 is 35.9. The van der Waals surface area contributed by atoms with E-state index in [2.05, 4.69) is 4.90 Å². The van der Waals surface area contributed by atoms with Gasteiger partial charge in [0.25, 0.3) is 0 Å². The minimum absolute atomic E-state index is 0.105. The standard InChI is InChI=1S/C32H39NO6/c1-5-38-31(34)24-7-6-20-33(23-24)21-22-39-32(25-8-14-28(35-2)15-9-25,26-10-16-29(36-3)17-11-26)27-12-18-30(37-4)19-13-27/h8-19,24H,5-7,20-23H2,1-4H3/i2T. The van der Waals surface area contributed by atoms with E-state index in [4.69, 9.17) is 25.1 Å². The number of carbonyl (C=O) groups excluding carboxylic acids is 1. The van der Waals surface area contributed by atoms with Gasteiger partial charge >= 0.3 is 5.97 Å². The lowest BCUT2D eigenvalue weighted by Gasteiger charge is -2.38. The van der Waals surface area contributed by atoms with Crippen molar-refractivity contribution in [3.05, 3.63) is 89.5 Å². The van der Waals surface area contributed by atoms with E-state index in [1.54, 1.807) is 14.2 Å². The number of carbonyl (C=O) groups is 1. The number of methoxy groups -OCH3 is 3. The second-order valence-electron chi connectivity index (χ2n) is 9.55.